The number of benzene rings is 2. The second-order valence-electron chi connectivity index (χ2n) is 8.53. The summed E-state index contributed by atoms with van der Waals surface area (Å²) in [5.41, 5.74) is 1.19. The van der Waals surface area contributed by atoms with Gasteiger partial charge in [-0.25, -0.2) is 4.39 Å². The number of hydrogen-bond acceptors (Lipinski definition) is 5. The molecule has 1 heterocycles. The van der Waals surface area contributed by atoms with Gasteiger partial charge in [0.25, 0.3) is 5.91 Å². The van der Waals surface area contributed by atoms with Gasteiger partial charge in [0, 0.05) is 18.2 Å². The number of hydrogen-bond donors (Lipinski definition) is 0. The van der Waals surface area contributed by atoms with Crippen LogP contribution in [0.3, 0.4) is 0 Å². The molecule has 1 atom stereocenters. The molecule has 192 valence electrons. The molecule has 2 aromatic carbocycles. The fourth-order valence-electron chi connectivity index (χ4n) is 3.86. The molecule has 0 saturated heterocycles. The van der Waals surface area contributed by atoms with Crippen LogP contribution in [0.25, 0.3) is 0 Å². The highest BCUT2D eigenvalue weighted by atomic mass is 19.1. The van der Waals surface area contributed by atoms with E-state index in [1.165, 1.54) is 23.1 Å². The maximum absolute atomic E-state index is 13.8. The van der Waals surface area contributed by atoms with E-state index in [1.807, 2.05) is 32.0 Å². The minimum absolute atomic E-state index is 0.128. The average molecular weight is 497 g/mol. The summed E-state index contributed by atoms with van der Waals surface area (Å²) in [6, 6.07) is 14.5. The largest absolute Gasteiger partial charge is 0.493 e. The summed E-state index contributed by atoms with van der Waals surface area (Å²) in [6.07, 6.45) is 2.78. The van der Waals surface area contributed by atoms with Crippen molar-refractivity contribution in [3.8, 4) is 11.5 Å². The predicted octanol–water partition coefficient (Wildman–Crippen LogP) is 4.95. The van der Waals surface area contributed by atoms with Gasteiger partial charge in [-0.2, -0.15) is 0 Å². The van der Waals surface area contributed by atoms with E-state index < -0.39 is 5.82 Å². The molecule has 1 unspecified atom stereocenters. The van der Waals surface area contributed by atoms with E-state index in [4.69, 9.17) is 13.9 Å². The van der Waals surface area contributed by atoms with Gasteiger partial charge < -0.3 is 23.7 Å². The zero-order chi connectivity index (χ0) is 26.1. The van der Waals surface area contributed by atoms with E-state index in [9.17, 15) is 14.0 Å². The molecule has 0 spiro atoms. The Morgan fingerprint density at radius 2 is 1.81 bits per heavy atom. The molecule has 3 aromatic rings. The van der Waals surface area contributed by atoms with Crippen LogP contribution in [0, 0.1) is 5.82 Å². The first kappa shape index (κ1) is 26.8. The first-order valence-corrected chi connectivity index (χ1v) is 11.9. The Morgan fingerprint density at radius 1 is 1.03 bits per heavy atom. The quantitative estimate of drug-likeness (QED) is 0.355. The molecule has 36 heavy (non-hydrogen) atoms. The van der Waals surface area contributed by atoms with Gasteiger partial charge in [-0.05, 0) is 67.8 Å². The standard InChI is InChI=1S/C28H33FN2O5/c1-5-20(2)31(28(33)22-8-6-9-23(29)17-22)19-27(32)30(18-24-10-7-15-36-24)14-13-21-11-12-25(34-3)26(16-21)35-4/h6-12,15-17,20H,5,13-14,18-19H2,1-4H3. The molecular weight excluding hydrogens is 463 g/mol. The van der Waals surface area contributed by atoms with Crippen molar-refractivity contribution in [2.24, 2.45) is 0 Å². The lowest BCUT2D eigenvalue weighted by Crippen LogP contribution is -2.46. The predicted molar refractivity (Wildman–Crippen MR) is 135 cm³/mol. The Kier molecular flexibility index (Phi) is 9.50. The first-order chi connectivity index (χ1) is 17.4. The van der Waals surface area contributed by atoms with E-state index in [-0.39, 0.29) is 36.5 Å². The number of nitrogens with zero attached hydrogens (tertiary/aromatic N) is 2. The molecule has 0 N–H and O–H groups in total. The Morgan fingerprint density at radius 3 is 2.44 bits per heavy atom. The molecular formula is C28H33FN2O5. The van der Waals surface area contributed by atoms with Crippen LogP contribution in [0.15, 0.2) is 65.3 Å². The number of halogens is 1. The van der Waals surface area contributed by atoms with Crippen molar-refractivity contribution in [2.75, 3.05) is 27.3 Å². The number of amides is 2. The summed E-state index contributed by atoms with van der Waals surface area (Å²) in [5, 5.41) is 0. The van der Waals surface area contributed by atoms with Crippen molar-refractivity contribution in [2.45, 2.75) is 39.3 Å². The zero-order valence-corrected chi connectivity index (χ0v) is 21.2. The van der Waals surface area contributed by atoms with E-state index in [2.05, 4.69) is 0 Å². The molecule has 8 heteroatoms. The number of ether oxygens (including phenoxy) is 2. The molecule has 1 aromatic heterocycles. The summed E-state index contributed by atoms with van der Waals surface area (Å²) in [6.45, 7) is 4.36. The molecule has 0 aliphatic heterocycles. The smallest absolute Gasteiger partial charge is 0.254 e. The monoisotopic (exact) mass is 496 g/mol. The van der Waals surface area contributed by atoms with Crippen molar-refractivity contribution in [3.05, 3.63) is 83.6 Å². The van der Waals surface area contributed by atoms with Crippen LogP contribution in [0.5, 0.6) is 11.5 Å². The summed E-state index contributed by atoms with van der Waals surface area (Å²) >= 11 is 0. The van der Waals surface area contributed by atoms with Crippen LogP contribution in [-0.4, -0.2) is 55.0 Å². The van der Waals surface area contributed by atoms with Crippen molar-refractivity contribution in [1.82, 2.24) is 9.80 Å². The lowest BCUT2D eigenvalue weighted by molar-refractivity contribution is -0.133. The molecule has 0 bridgehead atoms. The second-order valence-corrected chi connectivity index (χ2v) is 8.53. The molecule has 2 amide bonds. The van der Waals surface area contributed by atoms with Crippen molar-refractivity contribution in [1.29, 1.82) is 0 Å². The topological polar surface area (TPSA) is 72.2 Å². The minimum Gasteiger partial charge on any atom is -0.493 e. The van der Waals surface area contributed by atoms with Crippen LogP contribution in [0.4, 0.5) is 4.39 Å². The molecule has 0 radical (unpaired) electrons. The second kappa shape index (κ2) is 12.8. The highest BCUT2D eigenvalue weighted by Crippen LogP contribution is 2.28. The summed E-state index contributed by atoms with van der Waals surface area (Å²) in [7, 11) is 3.16. The van der Waals surface area contributed by atoms with Gasteiger partial charge in [0.05, 0.1) is 27.0 Å². The van der Waals surface area contributed by atoms with Crippen LogP contribution < -0.4 is 9.47 Å². The first-order valence-electron chi connectivity index (χ1n) is 11.9. The van der Waals surface area contributed by atoms with E-state index in [0.717, 1.165) is 5.56 Å². The Bertz CT molecular complexity index is 1150. The van der Waals surface area contributed by atoms with Gasteiger partial charge in [-0.3, -0.25) is 9.59 Å². The molecule has 0 saturated carbocycles. The van der Waals surface area contributed by atoms with Gasteiger partial charge in [-0.15, -0.1) is 0 Å². The Hall–Kier alpha value is -3.81. The molecule has 0 fully saturated rings. The van der Waals surface area contributed by atoms with Gasteiger partial charge in [0.1, 0.15) is 18.1 Å². The number of furan rings is 1. The van der Waals surface area contributed by atoms with Crippen LogP contribution in [0.2, 0.25) is 0 Å². The van der Waals surface area contributed by atoms with Crippen molar-refractivity contribution in [3.63, 3.8) is 0 Å². The SMILES string of the molecule is CCC(C)N(CC(=O)N(CCc1ccc(OC)c(OC)c1)Cc1ccco1)C(=O)c1cccc(F)c1. The normalized spacial score (nSPS) is 11.6. The van der Waals surface area contributed by atoms with E-state index in [1.54, 1.807) is 43.6 Å². The van der Waals surface area contributed by atoms with E-state index in [0.29, 0.717) is 36.6 Å². The molecule has 0 aliphatic rings. The van der Waals surface area contributed by atoms with Crippen molar-refractivity contribution < 1.29 is 27.9 Å². The Labute approximate surface area is 211 Å². The molecule has 3 rings (SSSR count). The number of carbonyl (C=O) groups is 2. The lowest BCUT2D eigenvalue weighted by Gasteiger charge is -2.31. The fraction of sp³-hybridized carbons (Fsp3) is 0.357. The summed E-state index contributed by atoms with van der Waals surface area (Å²) in [5.74, 6) is 0.784. The van der Waals surface area contributed by atoms with Crippen LogP contribution in [0.1, 0.15) is 41.9 Å². The van der Waals surface area contributed by atoms with Gasteiger partial charge in [-0.1, -0.05) is 19.1 Å². The highest BCUT2D eigenvalue weighted by Gasteiger charge is 2.26. The number of carbonyl (C=O) groups excluding carboxylic acids is 2. The summed E-state index contributed by atoms with van der Waals surface area (Å²) < 4.78 is 29.9. The van der Waals surface area contributed by atoms with Crippen LogP contribution >= 0.6 is 0 Å². The zero-order valence-electron chi connectivity index (χ0n) is 21.2. The molecule has 0 aliphatic carbocycles. The lowest BCUT2D eigenvalue weighted by atomic mass is 10.1. The third-order valence-electron chi connectivity index (χ3n) is 6.16. The third kappa shape index (κ3) is 6.87. The summed E-state index contributed by atoms with van der Waals surface area (Å²) in [4.78, 5) is 29.9. The maximum atomic E-state index is 13.8. The van der Waals surface area contributed by atoms with Gasteiger partial charge in [0.15, 0.2) is 11.5 Å². The Balaban J connectivity index is 1.80. The highest BCUT2D eigenvalue weighted by molar-refractivity contribution is 5.96. The van der Waals surface area contributed by atoms with Crippen LogP contribution in [-0.2, 0) is 17.8 Å². The number of methoxy groups -OCH3 is 2. The fourth-order valence-corrected chi connectivity index (χ4v) is 3.86. The maximum Gasteiger partial charge on any atom is 0.254 e. The third-order valence-corrected chi connectivity index (χ3v) is 6.16. The minimum atomic E-state index is -0.495. The van der Waals surface area contributed by atoms with Crippen molar-refractivity contribution >= 4 is 11.8 Å². The van der Waals surface area contributed by atoms with Gasteiger partial charge in [0.2, 0.25) is 5.91 Å². The van der Waals surface area contributed by atoms with E-state index >= 15 is 0 Å². The number of rotatable bonds is 12. The van der Waals surface area contributed by atoms with Gasteiger partial charge >= 0.3 is 0 Å². The molecule has 7 nitrogen and oxygen atoms in total. The average Bonchev–Trinajstić information content (AvgIpc) is 3.41.